The lowest BCUT2D eigenvalue weighted by molar-refractivity contribution is 0.0202. The van der Waals surface area contributed by atoms with E-state index in [1.165, 1.54) is 38.5 Å². The quantitative estimate of drug-likeness (QED) is 0.569. The predicted octanol–water partition coefficient (Wildman–Crippen LogP) is 3.69. The highest BCUT2D eigenvalue weighted by Gasteiger charge is 2.27. The first-order valence-corrected chi connectivity index (χ1v) is 12.6. The second-order valence-electron chi connectivity index (χ2n) is 10.1. The molecule has 6 heteroatoms. The molecular weight excluding hydrogens is 404 g/mol. The highest BCUT2D eigenvalue weighted by Crippen LogP contribution is 2.24. The molecule has 1 aromatic rings. The summed E-state index contributed by atoms with van der Waals surface area (Å²) < 4.78 is 11.6. The van der Waals surface area contributed by atoms with Gasteiger partial charge in [0.1, 0.15) is 36.9 Å². The monoisotopic (exact) mass is 448 g/mol. The fourth-order valence-corrected chi connectivity index (χ4v) is 5.28. The number of hydrogen-bond acceptors (Lipinski definition) is 6. The largest absolute Gasteiger partial charge is 0.491 e. The minimum atomic E-state index is -0.511. The summed E-state index contributed by atoms with van der Waals surface area (Å²) in [6, 6.07) is 9.49. The van der Waals surface area contributed by atoms with Crippen molar-refractivity contribution in [2.75, 3.05) is 26.3 Å². The lowest BCUT2D eigenvalue weighted by Crippen LogP contribution is -2.48. The fourth-order valence-electron chi connectivity index (χ4n) is 5.28. The Labute approximate surface area is 194 Å². The fraction of sp³-hybridized carbons (Fsp3) is 0.769. The van der Waals surface area contributed by atoms with Crippen LogP contribution >= 0.6 is 0 Å². The van der Waals surface area contributed by atoms with Gasteiger partial charge in [0.05, 0.1) is 0 Å². The first-order valence-electron chi connectivity index (χ1n) is 12.6. The Kier molecular flexibility index (Phi) is 9.65. The van der Waals surface area contributed by atoms with Crippen molar-refractivity contribution in [1.29, 1.82) is 0 Å². The molecule has 0 amide bonds. The molecule has 2 N–H and O–H groups in total. The molecule has 0 bridgehead atoms. The van der Waals surface area contributed by atoms with E-state index in [-0.39, 0.29) is 13.2 Å². The molecule has 1 aromatic carbocycles. The number of aliphatic hydroxyl groups is 2. The van der Waals surface area contributed by atoms with Gasteiger partial charge < -0.3 is 19.7 Å². The molecule has 0 saturated carbocycles. The minimum Gasteiger partial charge on any atom is -0.491 e. The number of hydrogen-bond donors (Lipinski definition) is 2. The van der Waals surface area contributed by atoms with Gasteiger partial charge in [-0.2, -0.15) is 0 Å². The molecule has 6 atom stereocenters. The van der Waals surface area contributed by atoms with Gasteiger partial charge in [-0.15, -0.1) is 0 Å². The van der Waals surface area contributed by atoms with Crippen LogP contribution in [-0.4, -0.2) is 82.7 Å². The van der Waals surface area contributed by atoms with Crippen LogP contribution in [0.25, 0.3) is 0 Å². The van der Waals surface area contributed by atoms with Crippen LogP contribution in [0.1, 0.15) is 66.2 Å². The van der Waals surface area contributed by atoms with E-state index in [0.717, 1.165) is 0 Å². The second-order valence-corrected chi connectivity index (χ2v) is 10.1. The normalized spacial score (nSPS) is 29.4. The summed E-state index contributed by atoms with van der Waals surface area (Å²) in [5, 5.41) is 20.9. The van der Waals surface area contributed by atoms with E-state index in [1.54, 1.807) is 0 Å². The Morgan fingerprint density at radius 3 is 1.31 bits per heavy atom. The molecule has 0 aromatic heterocycles. The standard InChI is InChI=1S/C26H44N2O4/c1-19-7-5-8-20(2)27(19)15-23(29)17-31-25-11-13-26(14-12-25)32-18-24(30)16-28-21(3)9-6-10-22(28)4/h11-14,19-24,29-30H,5-10,15-18H2,1-4H3/t19-,20-,21-,22+,23-,24+/m0/s1. The zero-order chi connectivity index (χ0) is 23.1. The molecule has 0 aliphatic carbocycles. The minimum absolute atomic E-state index is 0.279. The van der Waals surface area contributed by atoms with E-state index in [9.17, 15) is 10.2 Å². The van der Waals surface area contributed by atoms with Gasteiger partial charge in [0.15, 0.2) is 0 Å². The van der Waals surface area contributed by atoms with Gasteiger partial charge in [-0.1, -0.05) is 12.8 Å². The molecule has 0 spiro atoms. The zero-order valence-electron chi connectivity index (χ0n) is 20.4. The Bertz CT molecular complexity index is 593. The van der Waals surface area contributed by atoms with Gasteiger partial charge in [-0.3, -0.25) is 9.80 Å². The van der Waals surface area contributed by atoms with Crippen LogP contribution in [0.2, 0.25) is 0 Å². The maximum atomic E-state index is 10.4. The van der Waals surface area contributed by atoms with E-state index in [0.29, 0.717) is 48.8 Å². The van der Waals surface area contributed by atoms with Crippen molar-refractivity contribution in [2.24, 2.45) is 0 Å². The Balaban J connectivity index is 1.38. The lowest BCUT2D eigenvalue weighted by Gasteiger charge is -2.40. The molecule has 32 heavy (non-hydrogen) atoms. The van der Waals surface area contributed by atoms with E-state index in [2.05, 4.69) is 37.5 Å². The highest BCUT2D eigenvalue weighted by atomic mass is 16.5. The van der Waals surface area contributed by atoms with Crippen LogP contribution < -0.4 is 9.47 Å². The van der Waals surface area contributed by atoms with E-state index >= 15 is 0 Å². The first kappa shape index (κ1) is 25.3. The molecule has 2 aliphatic rings. The third kappa shape index (κ3) is 7.34. The van der Waals surface area contributed by atoms with Crippen molar-refractivity contribution < 1.29 is 19.7 Å². The SMILES string of the molecule is C[C@@H]1CCC[C@H](C)N1C[C@@H](O)COc1ccc(OC[C@@H](O)CN2[C@@H](C)CCC[C@@H]2C)cc1. The highest BCUT2D eigenvalue weighted by molar-refractivity contribution is 5.31. The summed E-state index contributed by atoms with van der Waals surface area (Å²) in [5.41, 5.74) is 0. The van der Waals surface area contributed by atoms with Crippen molar-refractivity contribution in [1.82, 2.24) is 9.80 Å². The molecule has 2 aliphatic heterocycles. The van der Waals surface area contributed by atoms with Crippen LogP contribution in [0, 0.1) is 0 Å². The van der Waals surface area contributed by atoms with Crippen LogP contribution in [0.3, 0.4) is 0 Å². The number of aliphatic hydroxyl groups excluding tert-OH is 2. The average molecular weight is 449 g/mol. The van der Waals surface area contributed by atoms with Crippen molar-refractivity contribution in [3.8, 4) is 11.5 Å². The van der Waals surface area contributed by atoms with Gasteiger partial charge >= 0.3 is 0 Å². The summed E-state index contributed by atoms with van der Waals surface area (Å²) >= 11 is 0. The van der Waals surface area contributed by atoms with Crippen LogP contribution in [0.4, 0.5) is 0 Å². The van der Waals surface area contributed by atoms with Crippen LogP contribution in [0.5, 0.6) is 11.5 Å². The topological polar surface area (TPSA) is 65.4 Å². The summed E-state index contributed by atoms with van der Waals surface area (Å²) in [7, 11) is 0. The van der Waals surface area contributed by atoms with E-state index < -0.39 is 12.2 Å². The molecule has 2 fully saturated rings. The maximum Gasteiger partial charge on any atom is 0.119 e. The zero-order valence-corrected chi connectivity index (χ0v) is 20.4. The molecular formula is C26H44N2O4. The van der Waals surface area contributed by atoms with E-state index in [1.807, 2.05) is 24.3 Å². The number of ether oxygens (including phenoxy) is 2. The molecule has 0 radical (unpaired) electrons. The third-order valence-corrected chi connectivity index (χ3v) is 7.30. The Morgan fingerprint density at radius 1 is 0.688 bits per heavy atom. The number of β-amino-alcohol motifs (C(OH)–C–C–N with tert-alkyl or cyclic N) is 2. The van der Waals surface area contributed by atoms with Crippen molar-refractivity contribution in [3.63, 3.8) is 0 Å². The van der Waals surface area contributed by atoms with Crippen molar-refractivity contribution in [3.05, 3.63) is 24.3 Å². The summed E-state index contributed by atoms with van der Waals surface area (Å²) in [4.78, 5) is 4.79. The van der Waals surface area contributed by atoms with Gasteiger partial charge in [-0.05, 0) is 77.6 Å². The lowest BCUT2D eigenvalue weighted by atomic mass is 9.97. The Morgan fingerprint density at radius 2 is 1.00 bits per heavy atom. The molecule has 0 unspecified atom stereocenters. The number of nitrogens with zero attached hydrogens (tertiary/aromatic N) is 2. The predicted molar refractivity (Wildman–Crippen MR) is 128 cm³/mol. The summed E-state index contributed by atoms with van der Waals surface area (Å²) in [6.07, 6.45) is 6.32. The first-order chi connectivity index (χ1) is 15.3. The average Bonchev–Trinajstić information content (AvgIpc) is 2.77. The number of piperidine rings is 2. The molecule has 3 rings (SSSR count). The molecule has 6 nitrogen and oxygen atoms in total. The number of rotatable bonds is 10. The molecule has 2 saturated heterocycles. The molecule has 182 valence electrons. The van der Waals surface area contributed by atoms with Crippen LogP contribution in [-0.2, 0) is 0 Å². The number of benzene rings is 1. The van der Waals surface area contributed by atoms with Gasteiger partial charge in [0, 0.05) is 37.3 Å². The molecule has 2 heterocycles. The maximum absolute atomic E-state index is 10.4. The Hall–Kier alpha value is -1.34. The van der Waals surface area contributed by atoms with Crippen molar-refractivity contribution >= 4 is 0 Å². The van der Waals surface area contributed by atoms with Gasteiger partial charge in [0.25, 0.3) is 0 Å². The summed E-state index contributed by atoms with van der Waals surface area (Å²) in [5.74, 6) is 1.43. The van der Waals surface area contributed by atoms with E-state index in [4.69, 9.17) is 9.47 Å². The van der Waals surface area contributed by atoms with Crippen molar-refractivity contribution in [2.45, 2.75) is 103 Å². The van der Waals surface area contributed by atoms with Gasteiger partial charge in [0.2, 0.25) is 0 Å². The summed E-state index contributed by atoms with van der Waals surface area (Å²) in [6.45, 7) is 10.8. The smallest absolute Gasteiger partial charge is 0.119 e. The number of likely N-dealkylation sites (tertiary alicyclic amines) is 2. The van der Waals surface area contributed by atoms with Gasteiger partial charge in [-0.25, -0.2) is 0 Å². The third-order valence-electron chi connectivity index (χ3n) is 7.30. The second kappa shape index (κ2) is 12.2. The van der Waals surface area contributed by atoms with Crippen LogP contribution in [0.15, 0.2) is 24.3 Å².